The van der Waals surface area contributed by atoms with E-state index < -0.39 is 0 Å². The van der Waals surface area contributed by atoms with Crippen molar-refractivity contribution in [1.29, 1.82) is 0 Å². The molecule has 0 bridgehead atoms. The Hall–Kier alpha value is -2.93. The van der Waals surface area contributed by atoms with E-state index in [1.165, 1.54) is 0 Å². The predicted octanol–water partition coefficient (Wildman–Crippen LogP) is 2.84. The lowest BCUT2D eigenvalue weighted by atomic mass is 10.2. The van der Waals surface area contributed by atoms with Crippen molar-refractivity contribution in [3.63, 3.8) is 0 Å². The Kier molecular flexibility index (Phi) is 4.53. The van der Waals surface area contributed by atoms with Crippen molar-refractivity contribution in [2.75, 3.05) is 43.4 Å². The molecule has 1 fully saturated rings. The number of benzene rings is 1. The Labute approximate surface area is 158 Å². The lowest BCUT2D eigenvalue weighted by Gasteiger charge is -2.32. The van der Waals surface area contributed by atoms with Crippen molar-refractivity contribution in [1.82, 2.24) is 14.9 Å². The van der Waals surface area contributed by atoms with Gasteiger partial charge in [0.25, 0.3) is 5.91 Å². The first-order valence-electron chi connectivity index (χ1n) is 9.10. The molecule has 140 valence electrons. The summed E-state index contributed by atoms with van der Waals surface area (Å²) in [5, 5.41) is 3.81. The average molecular weight is 365 g/mol. The fraction of sp³-hybridized carbons (Fsp3) is 0.350. The maximum absolute atomic E-state index is 12.6. The molecule has 1 saturated heterocycles. The summed E-state index contributed by atoms with van der Waals surface area (Å²) < 4.78 is 5.64. The monoisotopic (exact) mass is 365 g/mol. The second-order valence-electron chi connectivity index (χ2n) is 6.96. The number of aryl methyl sites for hydroxylation is 2. The number of fused-ring (bicyclic) bond motifs is 1. The molecule has 3 heterocycles. The molecule has 4 rings (SSSR count). The zero-order valence-electron chi connectivity index (χ0n) is 15.8. The molecule has 1 aliphatic heterocycles. The van der Waals surface area contributed by atoms with Crippen LogP contribution in [0.4, 0.5) is 11.6 Å². The average Bonchev–Trinajstić information content (AvgIpc) is 3.09. The number of amides is 1. The van der Waals surface area contributed by atoms with Crippen LogP contribution in [0.25, 0.3) is 11.0 Å². The Morgan fingerprint density at radius 3 is 2.41 bits per heavy atom. The molecule has 27 heavy (non-hydrogen) atoms. The van der Waals surface area contributed by atoms with Crippen LogP contribution in [0.2, 0.25) is 0 Å². The summed E-state index contributed by atoms with van der Waals surface area (Å²) in [6, 6.07) is 9.30. The van der Waals surface area contributed by atoms with Gasteiger partial charge in [-0.15, -0.1) is 0 Å². The molecule has 2 aromatic heterocycles. The SMILES string of the molecule is Cc1nc(N2CCN(C)CC2)nc(C)c1NC(=O)c1cc2ccccc2o1. The standard InChI is InChI=1S/C20H23N5O2/c1-13-18(14(2)22-20(21-13)25-10-8-24(3)9-11-25)23-19(26)17-12-15-6-4-5-7-16(15)27-17/h4-7,12H,8-11H2,1-3H3,(H,23,26). The minimum Gasteiger partial charge on any atom is -0.451 e. The van der Waals surface area contributed by atoms with Gasteiger partial charge in [0.15, 0.2) is 5.76 Å². The molecule has 0 atom stereocenters. The van der Waals surface area contributed by atoms with Gasteiger partial charge < -0.3 is 19.5 Å². The maximum atomic E-state index is 12.6. The van der Waals surface area contributed by atoms with E-state index in [1.54, 1.807) is 6.07 Å². The number of carbonyl (C=O) groups is 1. The quantitative estimate of drug-likeness (QED) is 0.769. The number of piperazine rings is 1. The summed E-state index contributed by atoms with van der Waals surface area (Å²) >= 11 is 0. The van der Waals surface area contributed by atoms with E-state index in [2.05, 4.69) is 32.1 Å². The molecule has 1 N–H and O–H groups in total. The number of carbonyl (C=O) groups excluding carboxylic acids is 1. The molecule has 0 radical (unpaired) electrons. The molecule has 7 heteroatoms. The van der Waals surface area contributed by atoms with E-state index in [4.69, 9.17) is 4.42 Å². The number of aromatic nitrogens is 2. The lowest BCUT2D eigenvalue weighted by molar-refractivity contribution is 0.0998. The van der Waals surface area contributed by atoms with Gasteiger partial charge in [0.2, 0.25) is 5.95 Å². The topological polar surface area (TPSA) is 74.5 Å². The number of rotatable bonds is 3. The second-order valence-corrected chi connectivity index (χ2v) is 6.96. The normalized spacial score (nSPS) is 15.3. The predicted molar refractivity (Wildman–Crippen MR) is 105 cm³/mol. The fourth-order valence-corrected chi connectivity index (χ4v) is 3.30. The lowest BCUT2D eigenvalue weighted by Crippen LogP contribution is -2.45. The molecule has 0 unspecified atom stereocenters. The van der Waals surface area contributed by atoms with Crippen LogP contribution in [0.1, 0.15) is 21.9 Å². The highest BCUT2D eigenvalue weighted by Crippen LogP contribution is 2.24. The first-order chi connectivity index (χ1) is 13.0. The molecular weight excluding hydrogens is 342 g/mol. The number of nitrogens with zero attached hydrogens (tertiary/aromatic N) is 4. The van der Waals surface area contributed by atoms with Crippen LogP contribution in [0, 0.1) is 13.8 Å². The van der Waals surface area contributed by atoms with E-state index in [9.17, 15) is 4.79 Å². The van der Waals surface area contributed by atoms with Crippen LogP contribution < -0.4 is 10.2 Å². The first-order valence-corrected chi connectivity index (χ1v) is 9.10. The van der Waals surface area contributed by atoms with Crippen molar-refractivity contribution < 1.29 is 9.21 Å². The van der Waals surface area contributed by atoms with Gasteiger partial charge in [-0.05, 0) is 33.0 Å². The van der Waals surface area contributed by atoms with E-state index in [-0.39, 0.29) is 11.7 Å². The number of furan rings is 1. The molecule has 7 nitrogen and oxygen atoms in total. The van der Waals surface area contributed by atoms with Crippen LogP contribution in [0.5, 0.6) is 0 Å². The summed E-state index contributed by atoms with van der Waals surface area (Å²) in [4.78, 5) is 26.4. The third-order valence-electron chi connectivity index (χ3n) is 4.93. The highest BCUT2D eigenvalue weighted by molar-refractivity contribution is 6.05. The number of anilines is 2. The van der Waals surface area contributed by atoms with Crippen molar-refractivity contribution in [2.45, 2.75) is 13.8 Å². The highest BCUT2D eigenvalue weighted by Gasteiger charge is 2.20. The molecule has 1 aliphatic rings. The van der Waals surface area contributed by atoms with E-state index in [0.717, 1.165) is 48.9 Å². The summed E-state index contributed by atoms with van der Waals surface area (Å²) in [6.45, 7) is 7.57. The molecule has 0 spiro atoms. The van der Waals surface area contributed by atoms with Crippen LogP contribution in [-0.2, 0) is 0 Å². The number of hydrogen-bond acceptors (Lipinski definition) is 6. The van der Waals surface area contributed by atoms with Gasteiger partial charge in [0, 0.05) is 31.6 Å². The van der Waals surface area contributed by atoms with E-state index in [0.29, 0.717) is 11.3 Å². The van der Waals surface area contributed by atoms with Crippen molar-refractivity contribution >= 4 is 28.5 Å². The molecule has 0 saturated carbocycles. The Bertz CT molecular complexity index is 933. The van der Waals surface area contributed by atoms with Crippen LogP contribution in [0.15, 0.2) is 34.7 Å². The summed E-state index contributed by atoms with van der Waals surface area (Å²) in [6.07, 6.45) is 0. The number of hydrogen-bond donors (Lipinski definition) is 1. The molecule has 0 aliphatic carbocycles. The van der Waals surface area contributed by atoms with Crippen molar-refractivity contribution in [3.8, 4) is 0 Å². The molecule has 1 amide bonds. The zero-order chi connectivity index (χ0) is 19.0. The van der Waals surface area contributed by atoms with Gasteiger partial charge >= 0.3 is 0 Å². The highest BCUT2D eigenvalue weighted by atomic mass is 16.3. The second kappa shape index (κ2) is 7.00. The van der Waals surface area contributed by atoms with Gasteiger partial charge in [0.1, 0.15) is 5.58 Å². The Morgan fingerprint density at radius 1 is 1.07 bits per heavy atom. The van der Waals surface area contributed by atoms with E-state index >= 15 is 0 Å². The third kappa shape index (κ3) is 3.50. The maximum Gasteiger partial charge on any atom is 0.291 e. The Morgan fingerprint density at radius 2 is 1.74 bits per heavy atom. The number of para-hydroxylation sites is 1. The molecular formula is C20H23N5O2. The van der Waals surface area contributed by atoms with Gasteiger partial charge in [-0.1, -0.05) is 18.2 Å². The minimum atomic E-state index is -0.298. The van der Waals surface area contributed by atoms with Crippen molar-refractivity contribution in [2.24, 2.45) is 0 Å². The smallest absolute Gasteiger partial charge is 0.291 e. The van der Waals surface area contributed by atoms with Gasteiger partial charge in [-0.3, -0.25) is 4.79 Å². The minimum absolute atomic E-state index is 0.276. The fourth-order valence-electron chi connectivity index (χ4n) is 3.30. The molecule has 3 aromatic rings. The largest absolute Gasteiger partial charge is 0.451 e. The van der Waals surface area contributed by atoms with Gasteiger partial charge in [-0.25, -0.2) is 9.97 Å². The van der Waals surface area contributed by atoms with Crippen LogP contribution in [0.3, 0.4) is 0 Å². The third-order valence-corrected chi connectivity index (χ3v) is 4.93. The number of nitrogens with one attached hydrogen (secondary N) is 1. The number of likely N-dealkylation sites (N-methyl/N-ethyl adjacent to an activating group) is 1. The first kappa shape index (κ1) is 17.5. The van der Waals surface area contributed by atoms with Crippen LogP contribution >= 0.6 is 0 Å². The summed E-state index contributed by atoms with van der Waals surface area (Å²) in [7, 11) is 2.12. The van der Waals surface area contributed by atoms with Crippen LogP contribution in [-0.4, -0.2) is 54.0 Å². The van der Waals surface area contributed by atoms with Crippen molar-refractivity contribution in [3.05, 3.63) is 47.5 Å². The van der Waals surface area contributed by atoms with Gasteiger partial charge in [-0.2, -0.15) is 0 Å². The zero-order valence-corrected chi connectivity index (χ0v) is 15.8. The van der Waals surface area contributed by atoms with Gasteiger partial charge in [0.05, 0.1) is 17.1 Å². The van der Waals surface area contributed by atoms with E-state index in [1.807, 2.05) is 38.1 Å². The Balaban J connectivity index is 1.55. The molecule has 1 aromatic carbocycles. The summed E-state index contributed by atoms with van der Waals surface area (Å²) in [5.41, 5.74) is 2.83. The summed E-state index contributed by atoms with van der Waals surface area (Å²) in [5.74, 6) is 0.700.